The molecule has 3 atom stereocenters. The van der Waals surface area contributed by atoms with Crippen LogP contribution >= 0.6 is 0 Å². The highest BCUT2D eigenvalue weighted by atomic mass is 16.6. The van der Waals surface area contributed by atoms with Gasteiger partial charge in [0.2, 0.25) is 5.91 Å². The fraction of sp³-hybridized carbons (Fsp3) is 0.391. The van der Waals surface area contributed by atoms with Crippen LogP contribution in [-0.4, -0.2) is 22.9 Å². The molecule has 3 rings (SSSR count). The van der Waals surface area contributed by atoms with E-state index in [9.17, 15) is 19.7 Å². The van der Waals surface area contributed by atoms with Gasteiger partial charge >= 0.3 is 5.97 Å². The first-order valence-electron chi connectivity index (χ1n) is 10.3. The maximum atomic E-state index is 12.5. The Kier molecular flexibility index (Phi) is 6.89. The first-order chi connectivity index (χ1) is 14.7. The van der Waals surface area contributed by atoms with E-state index in [0.717, 1.165) is 12.2 Å². The normalized spacial score (nSPS) is 18.7. The molecule has 1 fully saturated rings. The number of hydrogen-bond acceptors (Lipinski definition) is 6. The van der Waals surface area contributed by atoms with Gasteiger partial charge < -0.3 is 14.5 Å². The molecule has 0 spiro atoms. The van der Waals surface area contributed by atoms with Crippen LogP contribution in [0.1, 0.15) is 62.7 Å². The Morgan fingerprint density at radius 3 is 2.65 bits per heavy atom. The molecule has 0 saturated heterocycles. The summed E-state index contributed by atoms with van der Waals surface area (Å²) < 4.78 is 10.9. The first-order valence-corrected chi connectivity index (χ1v) is 10.3. The second-order valence-electron chi connectivity index (χ2n) is 8.01. The molecule has 1 N–H and O–H groups in total. The third-order valence-electron chi connectivity index (χ3n) is 5.08. The number of nitro benzene ring substituents is 1. The van der Waals surface area contributed by atoms with Gasteiger partial charge in [-0.3, -0.25) is 19.7 Å². The smallest absolute Gasteiger partial charge is 0.308 e. The minimum Gasteiger partial charge on any atom is -0.463 e. The summed E-state index contributed by atoms with van der Waals surface area (Å²) in [5, 5.41) is 14.1. The molecule has 3 unspecified atom stereocenters. The number of nitrogens with one attached hydrogen (secondary N) is 1. The lowest BCUT2D eigenvalue weighted by molar-refractivity contribution is -0.385. The molecular weight excluding hydrogens is 400 g/mol. The number of carbonyl (C=O) groups excluding carboxylic acids is 2. The molecule has 8 heteroatoms. The molecule has 164 valence electrons. The zero-order valence-corrected chi connectivity index (χ0v) is 17.7. The summed E-state index contributed by atoms with van der Waals surface area (Å²) in [4.78, 5) is 35.6. The van der Waals surface area contributed by atoms with Crippen LogP contribution in [-0.2, 0) is 14.3 Å². The van der Waals surface area contributed by atoms with Crippen molar-refractivity contribution in [3.8, 4) is 0 Å². The monoisotopic (exact) mass is 426 g/mol. The molecule has 8 nitrogen and oxygen atoms in total. The van der Waals surface area contributed by atoms with Crippen LogP contribution < -0.4 is 5.32 Å². The Balaban J connectivity index is 1.74. The van der Waals surface area contributed by atoms with Crippen molar-refractivity contribution in [1.82, 2.24) is 5.32 Å². The molecule has 1 aromatic carbocycles. The summed E-state index contributed by atoms with van der Waals surface area (Å²) in [5.41, 5.74) is 0.0568. The SMILES string of the molecule is CC(C)OC(=O)CC(NC(=O)/C=C/c1ccc(C2CC2C)o1)c1ccccc1[N+](=O)[O-]. The quantitative estimate of drug-likeness (QED) is 0.273. The van der Waals surface area contributed by atoms with Gasteiger partial charge in [-0.15, -0.1) is 0 Å². The van der Waals surface area contributed by atoms with Gasteiger partial charge in [-0.2, -0.15) is 0 Å². The van der Waals surface area contributed by atoms with Crippen LogP contribution in [0.25, 0.3) is 6.08 Å². The number of rotatable bonds is 9. The van der Waals surface area contributed by atoms with Crippen molar-refractivity contribution < 1.29 is 23.7 Å². The van der Waals surface area contributed by atoms with Crippen LogP contribution in [0.4, 0.5) is 5.69 Å². The number of hydrogen-bond donors (Lipinski definition) is 1. The van der Waals surface area contributed by atoms with E-state index in [1.807, 2.05) is 6.07 Å². The molecule has 0 radical (unpaired) electrons. The highest BCUT2D eigenvalue weighted by Crippen LogP contribution is 2.47. The minimum atomic E-state index is -0.913. The molecule has 1 aliphatic carbocycles. The van der Waals surface area contributed by atoms with E-state index in [1.54, 1.807) is 26.0 Å². The summed E-state index contributed by atoms with van der Waals surface area (Å²) >= 11 is 0. The summed E-state index contributed by atoms with van der Waals surface area (Å²) in [5.74, 6) is 1.44. The fourth-order valence-electron chi connectivity index (χ4n) is 3.42. The van der Waals surface area contributed by atoms with Crippen molar-refractivity contribution in [3.05, 3.63) is 69.7 Å². The highest BCUT2D eigenvalue weighted by Gasteiger charge is 2.36. The van der Waals surface area contributed by atoms with Gasteiger partial charge in [-0.05, 0) is 44.4 Å². The Labute approximate surface area is 180 Å². The Hall–Kier alpha value is -3.42. The molecule has 1 aliphatic rings. The average molecular weight is 426 g/mol. The van der Waals surface area contributed by atoms with Crippen LogP contribution in [0, 0.1) is 16.0 Å². The molecule has 2 aromatic rings. The van der Waals surface area contributed by atoms with Gasteiger partial charge in [0.05, 0.1) is 29.1 Å². The van der Waals surface area contributed by atoms with Gasteiger partial charge in [0.1, 0.15) is 11.5 Å². The van der Waals surface area contributed by atoms with Crippen molar-refractivity contribution in [2.24, 2.45) is 5.92 Å². The van der Waals surface area contributed by atoms with E-state index in [0.29, 0.717) is 17.6 Å². The van der Waals surface area contributed by atoms with E-state index in [2.05, 4.69) is 12.2 Å². The Morgan fingerprint density at radius 1 is 1.29 bits per heavy atom. The lowest BCUT2D eigenvalue weighted by atomic mass is 10.0. The predicted molar refractivity (Wildman–Crippen MR) is 114 cm³/mol. The second kappa shape index (κ2) is 9.59. The van der Waals surface area contributed by atoms with Gasteiger partial charge in [-0.25, -0.2) is 0 Å². The minimum absolute atomic E-state index is 0.177. The molecule has 0 bridgehead atoms. The zero-order chi connectivity index (χ0) is 22.5. The summed E-state index contributed by atoms with van der Waals surface area (Å²) in [6.45, 7) is 5.57. The molecule has 1 saturated carbocycles. The molecule has 1 heterocycles. The number of nitrogens with zero attached hydrogens (tertiary/aromatic N) is 1. The topological polar surface area (TPSA) is 112 Å². The summed E-state index contributed by atoms with van der Waals surface area (Å²) in [6, 6.07) is 8.79. The average Bonchev–Trinajstić information content (AvgIpc) is 3.24. The largest absolute Gasteiger partial charge is 0.463 e. The number of ether oxygens (including phenoxy) is 1. The van der Waals surface area contributed by atoms with E-state index >= 15 is 0 Å². The van der Waals surface area contributed by atoms with Crippen LogP contribution in [0.3, 0.4) is 0 Å². The van der Waals surface area contributed by atoms with Gasteiger partial charge in [0, 0.05) is 18.1 Å². The van der Waals surface area contributed by atoms with Crippen LogP contribution in [0.15, 0.2) is 46.9 Å². The second-order valence-corrected chi connectivity index (χ2v) is 8.01. The predicted octanol–water partition coefficient (Wildman–Crippen LogP) is 4.52. The standard InChI is InChI=1S/C23H26N2O6/c1-14(2)30-23(27)13-19(17-6-4-5-7-20(17)25(28)29)24-22(26)11-9-16-8-10-21(31-16)18-12-15(18)3/h4-11,14-15,18-19H,12-13H2,1-3H3,(H,24,26)/b11-9+. The zero-order valence-electron chi connectivity index (χ0n) is 17.7. The number of nitro groups is 1. The summed E-state index contributed by atoms with van der Waals surface area (Å²) in [7, 11) is 0. The Bertz CT molecular complexity index is 993. The molecule has 1 amide bonds. The van der Waals surface area contributed by atoms with Gasteiger partial charge in [-0.1, -0.05) is 25.1 Å². The van der Waals surface area contributed by atoms with E-state index in [4.69, 9.17) is 9.15 Å². The summed E-state index contributed by atoms with van der Waals surface area (Å²) in [6.07, 6.45) is 3.36. The number of esters is 1. The van der Waals surface area contributed by atoms with Crippen molar-refractivity contribution in [3.63, 3.8) is 0 Å². The number of benzene rings is 1. The third-order valence-corrected chi connectivity index (χ3v) is 5.08. The molecular formula is C23H26N2O6. The van der Waals surface area contributed by atoms with Crippen molar-refractivity contribution in [2.45, 2.75) is 51.7 Å². The Morgan fingerprint density at radius 2 is 2.00 bits per heavy atom. The lowest BCUT2D eigenvalue weighted by Crippen LogP contribution is -2.30. The lowest BCUT2D eigenvalue weighted by Gasteiger charge is -2.18. The highest BCUT2D eigenvalue weighted by molar-refractivity contribution is 5.92. The van der Waals surface area contributed by atoms with Crippen molar-refractivity contribution in [2.75, 3.05) is 0 Å². The van der Waals surface area contributed by atoms with Gasteiger partial charge in [0.25, 0.3) is 5.69 Å². The van der Waals surface area contributed by atoms with Gasteiger partial charge in [0.15, 0.2) is 0 Å². The van der Waals surface area contributed by atoms with Crippen molar-refractivity contribution >= 4 is 23.6 Å². The molecule has 31 heavy (non-hydrogen) atoms. The maximum absolute atomic E-state index is 12.5. The first kappa shape index (κ1) is 22.3. The van der Waals surface area contributed by atoms with E-state index in [-0.39, 0.29) is 23.8 Å². The van der Waals surface area contributed by atoms with Crippen LogP contribution in [0.2, 0.25) is 0 Å². The molecule has 1 aromatic heterocycles. The maximum Gasteiger partial charge on any atom is 0.308 e. The third kappa shape index (κ3) is 6.04. The fourth-order valence-corrected chi connectivity index (χ4v) is 3.42. The van der Waals surface area contributed by atoms with Crippen LogP contribution in [0.5, 0.6) is 0 Å². The number of para-hydroxylation sites is 1. The molecule has 0 aliphatic heterocycles. The van der Waals surface area contributed by atoms with E-state index < -0.39 is 22.8 Å². The van der Waals surface area contributed by atoms with Crippen molar-refractivity contribution in [1.29, 1.82) is 0 Å². The number of furan rings is 1. The van der Waals surface area contributed by atoms with E-state index in [1.165, 1.54) is 30.4 Å². The number of carbonyl (C=O) groups is 2. The number of amides is 1.